The highest BCUT2D eigenvalue weighted by atomic mass is 32.2. The summed E-state index contributed by atoms with van der Waals surface area (Å²) in [6, 6.07) is 5.33. The Hall–Kier alpha value is -0.980. The van der Waals surface area contributed by atoms with Crippen LogP contribution in [0.25, 0.3) is 0 Å². The van der Waals surface area contributed by atoms with E-state index < -0.39 is 15.4 Å². The summed E-state index contributed by atoms with van der Waals surface area (Å²) in [5, 5.41) is 0. The maximum absolute atomic E-state index is 12.3. The van der Waals surface area contributed by atoms with Crippen molar-refractivity contribution in [3.63, 3.8) is 0 Å². The van der Waals surface area contributed by atoms with Crippen molar-refractivity contribution in [2.75, 3.05) is 6.54 Å². The fourth-order valence-electron chi connectivity index (χ4n) is 1.44. The number of hydrogen-bond acceptors (Lipinski definition) is 3. The third-order valence-corrected chi connectivity index (χ3v) is 5.10. The largest absolute Gasteiger partial charge is 0.393 e. The number of aryl methyl sites for hydroxylation is 2. The Morgan fingerprint density at radius 2 is 1.95 bits per heavy atom. The molecule has 0 radical (unpaired) electrons. The van der Waals surface area contributed by atoms with Gasteiger partial charge >= 0.3 is 0 Å². The Morgan fingerprint density at radius 1 is 1.37 bits per heavy atom. The molecule has 0 spiro atoms. The lowest BCUT2D eigenvalue weighted by Crippen LogP contribution is -2.41. The van der Waals surface area contributed by atoms with E-state index in [0.29, 0.717) is 10.5 Å². The first kappa shape index (κ1) is 16.1. The molecule has 0 saturated heterocycles. The van der Waals surface area contributed by atoms with Gasteiger partial charge in [-0.2, -0.15) is 0 Å². The molecule has 1 aromatic carbocycles. The minimum absolute atomic E-state index is 0.179. The normalized spacial score (nSPS) is 12.4. The SMILES string of the molecule is Cc1ccc(C)c(S(=O)(=O)NCC(C)(C)C(N)=S)c1. The topological polar surface area (TPSA) is 72.2 Å². The monoisotopic (exact) mass is 300 g/mol. The second-order valence-corrected chi connectivity index (χ2v) is 7.52. The van der Waals surface area contributed by atoms with Gasteiger partial charge in [-0.3, -0.25) is 0 Å². The number of benzene rings is 1. The number of thiocarbonyl (C=S) groups is 1. The van der Waals surface area contributed by atoms with Crippen molar-refractivity contribution < 1.29 is 8.42 Å². The van der Waals surface area contributed by atoms with Gasteiger partial charge in [0, 0.05) is 12.0 Å². The van der Waals surface area contributed by atoms with Crippen molar-refractivity contribution in [2.24, 2.45) is 11.1 Å². The summed E-state index contributed by atoms with van der Waals surface area (Å²) in [5.41, 5.74) is 6.65. The molecule has 0 unspecified atom stereocenters. The van der Waals surface area contributed by atoms with Gasteiger partial charge in [0.2, 0.25) is 10.0 Å². The Balaban J connectivity index is 3.00. The molecular weight excluding hydrogens is 280 g/mol. The number of sulfonamides is 1. The third-order valence-electron chi connectivity index (χ3n) is 3.00. The lowest BCUT2D eigenvalue weighted by molar-refractivity contribution is 0.501. The highest BCUT2D eigenvalue weighted by Gasteiger charge is 2.25. The fraction of sp³-hybridized carbons (Fsp3) is 0.462. The van der Waals surface area contributed by atoms with Crippen LogP contribution in [-0.4, -0.2) is 20.0 Å². The van der Waals surface area contributed by atoms with Gasteiger partial charge in [-0.05, 0) is 31.0 Å². The fourth-order valence-corrected chi connectivity index (χ4v) is 3.05. The molecule has 0 saturated carbocycles. The molecule has 3 N–H and O–H groups in total. The molecule has 19 heavy (non-hydrogen) atoms. The van der Waals surface area contributed by atoms with Gasteiger partial charge in [0.25, 0.3) is 0 Å². The van der Waals surface area contributed by atoms with E-state index in [4.69, 9.17) is 18.0 Å². The predicted molar refractivity (Wildman–Crippen MR) is 81.7 cm³/mol. The molecule has 1 rings (SSSR count). The van der Waals surface area contributed by atoms with Gasteiger partial charge in [0.05, 0.1) is 9.88 Å². The summed E-state index contributed by atoms with van der Waals surface area (Å²) in [6.45, 7) is 7.42. The summed E-state index contributed by atoms with van der Waals surface area (Å²) in [4.78, 5) is 0.586. The van der Waals surface area contributed by atoms with E-state index in [1.807, 2.05) is 13.0 Å². The summed E-state index contributed by atoms with van der Waals surface area (Å²) in [6.07, 6.45) is 0. The molecule has 0 aliphatic rings. The van der Waals surface area contributed by atoms with Crippen molar-refractivity contribution in [2.45, 2.75) is 32.6 Å². The molecule has 4 nitrogen and oxygen atoms in total. The smallest absolute Gasteiger partial charge is 0.240 e. The number of rotatable bonds is 5. The molecular formula is C13H20N2O2S2. The Labute approximate surface area is 120 Å². The standard InChI is InChI=1S/C13H20N2O2S2/c1-9-5-6-10(2)11(7-9)19(16,17)15-8-13(3,4)12(14)18/h5-7,15H,8H2,1-4H3,(H2,14,18). The zero-order valence-electron chi connectivity index (χ0n) is 11.6. The van der Waals surface area contributed by atoms with Crippen LogP contribution in [0.1, 0.15) is 25.0 Å². The van der Waals surface area contributed by atoms with E-state index in [1.54, 1.807) is 32.9 Å². The Kier molecular flexibility index (Phi) is 4.71. The molecule has 6 heteroatoms. The van der Waals surface area contributed by atoms with Crippen LogP contribution in [-0.2, 0) is 10.0 Å². The van der Waals surface area contributed by atoms with Gasteiger partial charge in [-0.25, -0.2) is 13.1 Å². The average molecular weight is 300 g/mol. The molecule has 106 valence electrons. The third kappa shape index (κ3) is 3.99. The predicted octanol–water partition coefficient (Wildman–Crippen LogP) is 1.89. The van der Waals surface area contributed by atoms with Crippen molar-refractivity contribution in [1.29, 1.82) is 0 Å². The van der Waals surface area contributed by atoms with Crippen LogP contribution in [0.15, 0.2) is 23.1 Å². The molecule has 1 aromatic rings. The zero-order valence-corrected chi connectivity index (χ0v) is 13.3. The van der Waals surface area contributed by atoms with Gasteiger partial charge in [-0.1, -0.05) is 38.2 Å². The molecule has 0 amide bonds. The van der Waals surface area contributed by atoms with E-state index in [1.165, 1.54) is 0 Å². The molecule has 0 heterocycles. The second-order valence-electron chi connectivity index (χ2n) is 5.34. The van der Waals surface area contributed by atoms with E-state index in [0.717, 1.165) is 5.56 Å². The molecule has 0 bridgehead atoms. The lowest BCUT2D eigenvalue weighted by atomic mass is 9.94. The Bertz CT molecular complexity index is 593. The van der Waals surface area contributed by atoms with E-state index in [2.05, 4.69) is 4.72 Å². The molecule has 0 atom stereocenters. The highest BCUT2D eigenvalue weighted by molar-refractivity contribution is 7.89. The van der Waals surface area contributed by atoms with Crippen molar-refractivity contribution in [1.82, 2.24) is 4.72 Å². The summed E-state index contributed by atoms with van der Waals surface area (Å²) in [5.74, 6) is 0. The second kappa shape index (κ2) is 5.56. The number of nitrogens with two attached hydrogens (primary N) is 1. The minimum atomic E-state index is -3.55. The summed E-state index contributed by atoms with van der Waals surface area (Å²) < 4.78 is 27.1. The lowest BCUT2D eigenvalue weighted by Gasteiger charge is -2.23. The average Bonchev–Trinajstić information content (AvgIpc) is 2.30. The van der Waals surface area contributed by atoms with Crippen LogP contribution < -0.4 is 10.5 Å². The van der Waals surface area contributed by atoms with Crippen molar-refractivity contribution >= 4 is 27.2 Å². The van der Waals surface area contributed by atoms with Crippen LogP contribution >= 0.6 is 12.2 Å². The van der Waals surface area contributed by atoms with Gasteiger partial charge in [0.15, 0.2) is 0 Å². The molecule has 0 aliphatic heterocycles. The molecule has 0 aromatic heterocycles. The van der Waals surface area contributed by atoms with Gasteiger partial charge in [0.1, 0.15) is 0 Å². The van der Waals surface area contributed by atoms with E-state index in [9.17, 15) is 8.42 Å². The van der Waals surface area contributed by atoms with Crippen LogP contribution in [0.5, 0.6) is 0 Å². The van der Waals surface area contributed by atoms with E-state index in [-0.39, 0.29) is 11.5 Å². The first-order chi connectivity index (χ1) is 8.56. The maximum Gasteiger partial charge on any atom is 0.240 e. The summed E-state index contributed by atoms with van der Waals surface area (Å²) >= 11 is 4.93. The van der Waals surface area contributed by atoms with Crippen LogP contribution in [0.4, 0.5) is 0 Å². The van der Waals surface area contributed by atoms with Gasteiger partial charge in [-0.15, -0.1) is 0 Å². The maximum atomic E-state index is 12.3. The number of nitrogens with one attached hydrogen (secondary N) is 1. The van der Waals surface area contributed by atoms with Crippen LogP contribution in [0.2, 0.25) is 0 Å². The summed E-state index contributed by atoms with van der Waals surface area (Å²) in [7, 11) is -3.55. The van der Waals surface area contributed by atoms with Crippen LogP contribution in [0, 0.1) is 19.3 Å². The number of hydrogen-bond donors (Lipinski definition) is 2. The first-order valence-corrected chi connectivity index (χ1v) is 7.82. The molecule has 0 fully saturated rings. The first-order valence-electron chi connectivity index (χ1n) is 5.93. The van der Waals surface area contributed by atoms with E-state index >= 15 is 0 Å². The van der Waals surface area contributed by atoms with Crippen molar-refractivity contribution in [3.8, 4) is 0 Å². The van der Waals surface area contributed by atoms with Crippen molar-refractivity contribution in [3.05, 3.63) is 29.3 Å². The zero-order chi connectivity index (χ0) is 14.8. The van der Waals surface area contributed by atoms with Gasteiger partial charge < -0.3 is 5.73 Å². The van der Waals surface area contributed by atoms with Crippen LogP contribution in [0.3, 0.4) is 0 Å². The minimum Gasteiger partial charge on any atom is -0.393 e. The Morgan fingerprint density at radius 3 is 2.47 bits per heavy atom. The molecule has 0 aliphatic carbocycles. The highest BCUT2D eigenvalue weighted by Crippen LogP contribution is 2.19. The quantitative estimate of drug-likeness (QED) is 0.815.